The van der Waals surface area contributed by atoms with E-state index in [1.807, 2.05) is 12.4 Å². The van der Waals surface area contributed by atoms with Crippen molar-refractivity contribution in [3.05, 3.63) is 0 Å². The SMILES string of the molecule is CSC(=NC#N)NC1C2CC3CC(C2)CC1C3. The van der Waals surface area contributed by atoms with E-state index < -0.39 is 0 Å². The van der Waals surface area contributed by atoms with Gasteiger partial charge in [-0.3, -0.25) is 0 Å². The third-order valence-corrected chi connectivity index (χ3v) is 5.46. The Kier molecular flexibility index (Phi) is 3.04. The Bertz CT molecular complexity index is 343. The summed E-state index contributed by atoms with van der Waals surface area (Å²) < 4.78 is 0. The minimum absolute atomic E-state index is 0.586. The molecule has 0 heterocycles. The molecule has 4 aliphatic carbocycles. The lowest BCUT2D eigenvalue weighted by molar-refractivity contribution is -0.00657. The van der Waals surface area contributed by atoms with Gasteiger partial charge in [-0.25, -0.2) is 0 Å². The summed E-state index contributed by atoms with van der Waals surface area (Å²) >= 11 is 1.56. The van der Waals surface area contributed by atoms with Crippen molar-refractivity contribution in [1.82, 2.24) is 5.32 Å². The molecule has 0 aromatic carbocycles. The van der Waals surface area contributed by atoms with Gasteiger partial charge in [0.2, 0.25) is 6.19 Å². The Morgan fingerprint density at radius 1 is 1.18 bits per heavy atom. The van der Waals surface area contributed by atoms with E-state index in [0.717, 1.165) is 28.8 Å². The quantitative estimate of drug-likeness (QED) is 0.441. The normalized spacial score (nSPS) is 43.5. The van der Waals surface area contributed by atoms with Gasteiger partial charge in [0, 0.05) is 6.04 Å². The molecule has 0 unspecified atom stereocenters. The molecule has 0 spiro atoms. The van der Waals surface area contributed by atoms with E-state index in [9.17, 15) is 0 Å². The third-order valence-electron chi connectivity index (χ3n) is 4.86. The lowest BCUT2D eigenvalue weighted by Gasteiger charge is -2.54. The van der Waals surface area contributed by atoms with Crippen LogP contribution in [0.5, 0.6) is 0 Å². The molecular weight excluding hydrogens is 230 g/mol. The minimum atomic E-state index is 0.586. The molecule has 3 nitrogen and oxygen atoms in total. The maximum atomic E-state index is 8.66. The highest BCUT2D eigenvalue weighted by Crippen LogP contribution is 2.53. The summed E-state index contributed by atoms with van der Waals surface area (Å²) in [4.78, 5) is 3.87. The van der Waals surface area contributed by atoms with Gasteiger partial charge in [-0.15, -0.1) is 4.99 Å². The van der Waals surface area contributed by atoms with Crippen molar-refractivity contribution >= 4 is 16.9 Å². The molecule has 0 aromatic heterocycles. The fraction of sp³-hybridized carbons (Fsp3) is 0.846. The van der Waals surface area contributed by atoms with E-state index in [1.54, 1.807) is 11.8 Å². The second-order valence-electron chi connectivity index (χ2n) is 5.82. The number of thioether (sulfide) groups is 1. The van der Waals surface area contributed by atoms with Crippen molar-refractivity contribution in [3.63, 3.8) is 0 Å². The summed E-state index contributed by atoms with van der Waals surface area (Å²) in [6.45, 7) is 0. The molecule has 17 heavy (non-hydrogen) atoms. The molecule has 4 aliphatic rings. The first-order valence-corrected chi connectivity index (χ1v) is 7.80. The van der Waals surface area contributed by atoms with E-state index >= 15 is 0 Å². The molecular formula is C13H19N3S. The van der Waals surface area contributed by atoms with Crippen LogP contribution in [-0.4, -0.2) is 17.5 Å². The number of nitriles is 1. The maximum absolute atomic E-state index is 8.66. The van der Waals surface area contributed by atoms with Crippen molar-refractivity contribution in [2.24, 2.45) is 28.7 Å². The Labute approximate surface area is 107 Å². The molecule has 0 aliphatic heterocycles. The number of hydrogen-bond acceptors (Lipinski definition) is 3. The van der Waals surface area contributed by atoms with Gasteiger partial charge in [0.05, 0.1) is 0 Å². The largest absolute Gasteiger partial charge is 0.361 e. The molecule has 0 saturated heterocycles. The molecule has 4 heteroatoms. The summed E-state index contributed by atoms with van der Waals surface area (Å²) in [6.07, 6.45) is 11.0. The molecule has 0 atom stereocenters. The number of aliphatic imine (C=N–C) groups is 1. The van der Waals surface area contributed by atoms with Gasteiger partial charge in [-0.2, -0.15) is 5.26 Å². The van der Waals surface area contributed by atoms with E-state index in [-0.39, 0.29) is 0 Å². The van der Waals surface area contributed by atoms with Gasteiger partial charge in [0.15, 0.2) is 5.17 Å². The highest BCUT2D eigenvalue weighted by atomic mass is 32.2. The Balaban J connectivity index is 1.72. The third kappa shape index (κ3) is 2.06. The van der Waals surface area contributed by atoms with Gasteiger partial charge < -0.3 is 5.32 Å². The summed E-state index contributed by atoms with van der Waals surface area (Å²) in [5, 5.41) is 13.0. The van der Waals surface area contributed by atoms with Crippen LogP contribution in [0, 0.1) is 35.1 Å². The molecule has 4 bridgehead atoms. The van der Waals surface area contributed by atoms with E-state index in [1.165, 1.54) is 32.1 Å². The Morgan fingerprint density at radius 2 is 1.76 bits per heavy atom. The zero-order chi connectivity index (χ0) is 11.8. The van der Waals surface area contributed by atoms with Crippen LogP contribution in [-0.2, 0) is 0 Å². The summed E-state index contributed by atoms with van der Waals surface area (Å²) in [7, 11) is 0. The lowest BCUT2D eigenvalue weighted by Crippen LogP contribution is -2.55. The standard InChI is InChI=1S/C13H19N3S/c1-17-13(15-7-14)16-12-10-3-8-2-9(5-10)6-11(12)4-8/h8-12H,2-6H2,1H3,(H,15,16). The van der Waals surface area contributed by atoms with Crippen molar-refractivity contribution in [2.45, 2.75) is 38.1 Å². The van der Waals surface area contributed by atoms with Crippen molar-refractivity contribution in [2.75, 3.05) is 6.26 Å². The van der Waals surface area contributed by atoms with Crippen LogP contribution in [0.3, 0.4) is 0 Å². The number of nitrogens with one attached hydrogen (secondary N) is 1. The van der Waals surface area contributed by atoms with Gasteiger partial charge in [0.25, 0.3) is 0 Å². The van der Waals surface area contributed by atoms with Crippen LogP contribution in [0.15, 0.2) is 4.99 Å². The fourth-order valence-electron chi connectivity index (χ4n) is 4.49. The molecule has 0 amide bonds. The first-order valence-electron chi connectivity index (χ1n) is 6.57. The van der Waals surface area contributed by atoms with Crippen LogP contribution in [0.4, 0.5) is 0 Å². The minimum Gasteiger partial charge on any atom is -0.361 e. The van der Waals surface area contributed by atoms with Crippen LogP contribution < -0.4 is 5.32 Å². The number of rotatable bonds is 1. The zero-order valence-corrected chi connectivity index (χ0v) is 11.0. The molecule has 92 valence electrons. The highest BCUT2D eigenvalue weighted by Gasteiger charge is 2.48. The smallest absolute Gasteiger partial charge is 0.208 e. The predicted octanol–water partition coefficient (Wildman–Crippen LogP) is 2.60. The number of amidine groups is 1. The Hall–Kier alpha value is -0.690. The summed E-state index contributed by atoms with van der Waals surface area (Å²) in [5.74, 6) is 3.67. The Morgan fingerprint density at radius 3 is 2.24 bits per heavy atom. The van der Waals surface area contributed by atoms with Crippen LogP contribution in [0.25, 0.3) is 0 Å². The average molecular weight is 249 g/mol. The van der Waals surface area contributed by atoms with Crippen molar-refractivity contribution < 1.29 is 0 Å². The number of nitrogens with zero attached hydrogens (tertiary/aromatic N) is 2. The highest BCUT2D eigenvalue weighted by molar-refractivity contribution is 8.13. The monoisotopic (exact) mass is 249 g/mol. The molecule has 4 rings (SSSR count). The van der Waals surface area contributed by atoms with E-state index in [4.69, 9.17) is 5.26 Å². The molecule has 0 radical (unpaired) electrons. The van der Waals surface area contributed by atoms with Gasteiger partial charge in [-0.1, -0.05) is 11.8 Å². The summed E-state index contributed by atoms with van der Waals surface area (Å²) in [6, 6.07) is 0.586. The molecule has 1 N–H and O–H groups in total. The van der Waals surface area contributed by atoms with Crippen LogP contribution in [0.2, 0.25) is 0 Å². The van der Waals surface area contributed by atoms with Crippen LogP contribution in [0.1, 0.15) is 32.1 Å². The fourth-order valence-corrected chi connectivity index (χ4v) is 4.87. The van der Waals surface area contributed by atoms with Gasteiger partial charge >= 0.3 is 0 Å². The van der Waals surface area contributed by atoms with Crippen molar-refractivity contribution in [3.8, 4) is 6.19 Å². The van der Waals surface area contributed by atoms with E-state index in [0.29, 0.717) is 6.04 Å². The average Bonchev–Trinajstić information content (AvgIpc) is 2.31. The number of hydrogen-bond donors (Lipinski definition) is 1. The first kappa shape index (κ1) is 11.4. The second kappa shape index (κ2) is 4.53. The molecule has 4 fully saturated rings. The first-order chi connectivity index (χ1) is 8.30. The topological polar surface area (TPSA) is 48.2 Å². The summed E-state index contributed by atoms with van der Waals surface area (Å²) in [5.41, 5.74) is 0. The maximum Gasteiger partial charge on any atom is 0.208 e. The van der Waals surface area contributed by atoms with Gasteiger partial charge in [0.1, 0.15) is 0 Å². The van der Waals surface area contributed by atoms with Crippen molar-refractivity contribution in [1.29, 1.82) is 5.26 Å². The van der Waals surface area contributed by atoms with E-state index in [2.05, 4.69) is 10.3 Å². The van der Waals surface area contributed by atoms with Gasteiger partial charge in [-0.05, 0) is 62.0 Å². The zero-order valence-electron chi connectivity index (χ0n) is 10.2. The molecule has 0 aromatic rings. The lowest BCUT2D eigenvalue weighted by atomic mass is 9.54. The molecule has 4 saturated carbocycles. The predicted molar refractivity (Wildman–Crippen MR) is 70.5 cm³/mol. The second-order valence-corrected chi connectivity index (χ2v) is 6.62. The van der Waals surface area contributed by atoms with Crippen LogP contribution >= 0.6 is 11.8 Å².